The predicted molar refractivity (Wildman–Crippen MR) is 175 cm³/mol. The molecule has 47 heavy (non-hydrogen) atoms. The van der Waals surface area contributed by atoms with Crippen molar-refractivity contribution in [3.63, 3.8) is 0 Å². The van der Waals surface area contributed by atoms with Crippen LogP contribution in [0.1, 0.15) is 50.7 Å². The van der Waals surface area contributed by atoms with E-state index in [1.807, 2.05) is 44.2 Å². The van der Waals surface area contributed by atoms with Crippen LogP contribution in [0.4, 0.5) is 0 Å². The summed E-state index contributed by atoms with van der Waals surface area (Å²) in [5, 5.41) is 39.4. The highest BCUT2D eigenvalue weighted by Crippen LogP contribution is 2.13. The maximum absolute atomic E-state index is 13.3. The average Bonchev–Trinajstić information content (AvgIpc) is 3.03. The van der Waals surface area contributed by atoms with Gasteiger partial charge in [0.25, 0.3) is 0 Å². The molecule has 2 aromatic rings. The van der Waals surface area contributed by atoms with Crippen molar-refractivity contribution in [2.75, 3.05) is 13.2 Å². The Hall–Kier alpha value is -4.53. The number of aliphatic hydroxyl groups is 1. The van der Waals surface area contributed by atoms with E-state index in [1.54, 1.807) is 0 Å². The lowest BCUT2D eigenvalue weighted by Crippen LogP contribution is -2.60. The second kappa shape index (κ2) is 19.9. The van der Waals surface area contributed by atoms with Crippen molar-refractivity contribution in [2.24, 2.45) is 17.4 Å². The summed E-state index contributed by atoms with van der Waals surface area (Å²) in [4.78, 5) is 64.7. The van der Waals surface area contributed by atoms with E-state index >= 15 is 0 Å². The zero-order valence-corrected chi connectivity index (χ0v) is 26.9. The van der Waals surface area contributed by atoms with E-state index in [4.69, 9.17) is 11.5 Å². The van der Waals surface area contributed by atoms with Crippen molar-refractivity contribution in [2.45, 2.75) is 82.6 Å². The van der Waals surface area contributed by atoms with E-state index in [2.05, 4.69) is 21.3 Å². The second-order valence-electron chi connectivity index (χ2n) is 11.8. The van der Waals surface area contributed by atoms with Crippen molar-refractivity contribution >= 4 is 29.6 Å². The topological polar surface area (TPSA) is 246 Å². The number of carboxylic acid groups (broad SMARTS) is 1. The van der Waals surface area contributed by atoms with Crippen LogP contribution in [0.2, 0.25) is 0 Å². The Labute approximate surface area is 274 Å². The summed E-state index contributed by atoms with van der Waals surface area (Å²) in [5.74, 6) is -4.33. The van der Waals surface area contributed by atoms with Crippen molar-refractivity contribution in [1.29, 1.82) is 0 Å². The van der Waals surface area contributed by atoms with Gasteiger partial charge in [0.2, 0.25) is 23.6 Å². The molecular formula is C33H48N6O8. The maximum atomic E-state index is 13.3. The average molecular weight is 657 g/mol. The van der Waals surface area contributed by atoms with Crippen LogP contribution >= 0.6 is 0 Å². The molecule has 0 spiro atoms. The number of carbonyl (C=O) groups is 5. The van der Waals surface area contributed by atoms with Gasteiger partial charge in [-0.2, -0.15) is 0 Å². The van der Waals surface area contributed by atoms with Gasteiger partial charge >= 0.3 is 5.97 Å². The van der Waals surface area contributed by atoms with Crippen molar-refractivity contribution in [1.82, 2.24) is 21.3 Å². The molecule has 0 unspecified atom stereocenters. The van der Waals surface area contributed by atoms with E-state index in [9.17, 15) is 39.3 Å². The van der Waals surface area contributed by atoms with Gasteiger partial charge in [0.15, 0.2) is 0 Å². The van der Waals surface area contributed by atoms with Gasteiger partial charge in [-0.1, -0.05) is 56.3 Å². The molecule has 0 aliphatic heterocycles. The van der Waals surface area contributed by atoms with E-state index in [-0.39, 0.29) is 37.4 Å². The van der Waals surface area contributed by atoms with Crippen molar-refractivity contribution < 1.29 is 39.3 Å². The minimum Gasteiger partial charge on any atom is -0.508 e. The number of aromatic hydroxyl groups is 1. The molecule has 2 rings (SSSR count). The molecule has 11 N–H and O–H groups in total. The van der Waals surface area contributed by atoms with Crippen LogP contribution in [0.25, 0.3) is 0 Å². The lowest BCUT2D eigenvalue weighted by atomic mass is 10.0. The van der Waals surface area contributed by atoms with Gasteiger partial charge in [-0.15, -0.1) is 0 Å². The van der Waals surface area contributed by atoms with Crippen LogP contribution in [-0.2, 0) is 36.8 Å². The number of unbranched alkanes of at least 4 members (excludes halogenated alkanes) is 1. The number of nitrogens with one attached hydrogen (secondary N) is 4. The standard InChI is InChI=1S/C33H48N6O8/c1-20(2)16-26(37-29(42)24(35)17-21-8-4-3-5-9-21)30(43)39-28(19-40)32(45)38-27(18-22-11-13-23(41)14-12-22)31(44)36-25(33(46)47)10-6-7-15-34/h3-5,8-9,11-14,20,24-28,40-41H,6-7,10,15-19,34-35H2,1-2H3,(H,36,44)(H,37,42)(H,38,45)(H,39,43)(H,46,47)/t24-,25-,26-,27-,28-/m0/s1. The van der Waals surface area contributed by atoms with Crippen LogP contribution in [0.3, 0.4) is 0 Å². The number of rotatable bonds is 20. The lowest BCUT2D eigenvalue weighted by Gasteiger charge is -2.26. The number of amides is 4. The van der Waals surface area contributed by atoms with E-state index < -0.39 is 66.4 Å². The number of hydrogen-bond donors (Lipinski definition) is 9. The Morgan fingerprint density at radius 2 is 1.23 bits per heavy atom. The minimum absolute atomic E-state index is 0.0169. The number of carbonyl (C=O) groups excluding carboxylic acids is 4. The summed E-state index contributed by atoms with van der Waals surface area (Å²) in [6.07, 6.45) is 1.48. The zero-order chi connectivity index (χ0) is 34.9. The first-order valence-corrected chi connectivity index (χ1v) is 15.7. The Morgan fingerprint density at radius 1 is 0.702 bits per heavy atom. The first-order chi connectivity index (χ1) is 22.3. The third kappa shape index (κ3) is 13.8. The fraction of sp³-hybridized carbons (Fsp3) is 0.485. The molecule has 0 fully saturated rings. The highest BCUT2D eigenvalue weighted by molar-refractivity contribution is 5.95. The third-order valence-electron chi connectivity index (χ3n) is 7.36. The Bertz CT molecular complexity index is 1310. The predicted octanol–water partition coefficient (Wildman–Crippen LogP) is -0.304. The number of carboxylic acids is 1. The maximum Gasteiger partial charge on any atom is 0.326 e. The zero-order valence-electron chi connectivity index (χ0n) is 26.9. The molecule has 0 radical (unpaired) electrons. The first-order valence-electron chi connectivity index (χ1n) is 15.7. The van der Waals surface area contributed by atoms with Gasteiger partial charge < -0.3 is 48.1 Å². The van der Waals surface area contributed by atoms with Gasteiger partial charge in [-0.25, -0.2) is 4.79 Å². The number of aliphatic hydroxyl groups excluding tert-OH is 1. The molecule has 2 aromatic carbocycles. The van der Waals surface area contributed by atoms with Gasteiger partial charge in [-0.05, 0) is 67.8 Å². The molecule has 0 bridgehead atoms. The molecule has 14 nitrogen and oxygen atoms in total. The molecule has 0 heterocycles. The SMILES string of the molecule is CC(C)C[C@H](NC(=O)[C@@H](N)Cc1ccccc1)C(=O)N[C@@H](CO)C(=O)N[C@@H](Cc1ccc(O)cc1)C(=O)N[C@@H](CCCCN)C(=O)O. The summed E-state index contributed by atoms with van der Waals surface area (Å²) >= 11 is 0. The van der Waals surface area contributed by atoms with Gasteiger partial charge in [0.1, 0.15) is 29.9 Å². The number of nitrogens with two attached hydrogens (primary N) is 2. The molecule has 5 atom stereocenters. The number of benzene rings is 2. The Kier molecular flexibility index (Phi) is 16.3. The monoisotopic (exact) mass is 656 g/mol. The van der Waals surface area contributed by atoms with E-state index in [0.29, 0.717) is 24.9 Å². The summed E-state index contributed by atoms with van der Waals surface area (Å²) in [6, 6.07) is 8.91. The smallest absolute Gasteiger partial charge is 0.326 e. The Morgan fingerprint density at radius 3 is 1.81 bits per heavy atom. The lowest BCUT2D eigenvalue weighted by molar-refractivity contribution is -0.142. The van der Waals surface area contributed by atoms with Gasteiger partial charge in [0.05, 0.1) is 12.6 Å². The van der Waals surface area contributed by atoms with Crippen molar-refractivity contribution in [3.05, 3.63) is 65.7 Å². The molecule has 0 saturated carbocycles. The molecule has 0 saturated heterocycles. The Balaban J connectivity index is 2.18. The molecule has 0 aliphatic carbocycles. The first kappa shape index (κ1) is 38.7. The molecule has 0 aliphatic rings. The largest absolute Gasteiger partial charge is 0.508 e. The quantitative estimate of drug-likeness (QED) is 0.0842. The molecule has 0 aromatic heterocycles. The number of phenolic OH excluding ortho intramolecular Hbond substituents is 1. The van der Waals surface area contributed by atoms with E-state index in [0.717, 1.165) is 5.56 Å². The number of aliphatic carboxylic acids is 1. The highest BCUT2D eigenvalue weighted by atomic mass is 16.4. The molecule has 4 amide bonds. The number of phenols is 1. The molecule has 258 valence electrons. The van der Waals surface area contributed by atoms with Crippen LogP contribution in [0.15, 0.2) is 54.6 Å². The van der Waals surface area contributed by atoms with Gasteiger partial charge in [-0.3, -0.25) is 19.2 Å². The van der Waals surface area contributed by atoms with Crippen LogP contribution in [-0.4, -0.2) is 88.3 Å². The van der Waals surface area contributed by atoms with Crippen LogP contribution in [0.5, 0.6) is 5.75 Å². The van der Waals surface area contributed by atoms with E-state index in [1.165, 1.54) is 24.3 Å². The summed E-state index contributed by atoms with van der Waals surface area (Å²) in [6.45, 7) is 3.22. The second-order valence-corrected chi connectivity index (χ2v) is 11.8. The van der Waals surface area contributed by atoms with Crippen LogP contribution < -0.4 is 32.7 Å². The van der Waals surface area contributed by atoms with Crippen molar-refractivity contribution in [3.8, 4) is 5.75 Å². The molecule has 14 heteroatoms. The summed E-state index contributed by atoms with van der Waals surface area (Å²) < 4.78 is 0. The summed E-state index contributed by atoms with van der Waals surface area (Å²) in [5.41, 5.74) is 13.0. The fourth-order valence-electron chi connectivity index (χ4n) is 4.78. The van der Waals surface area contributed by atoms with Gasteiger partial charge in [0, 0.05) is 6.42 Å². The summed E-state index contributed by atoms with van der Waals surface area (Å²) in [7, 11) is 0. The number of hydrogen-bond acceptors (Lipinski definition) is 9. The molecular weight excluding hydrogens is 608 g/mol. The van der Waals surface area contributed by atoms with Crippen LogP contribution in [0, 0.1) is 5.92 Å². The fourth-order valence-corrected chi connectivity index (χ4v) is 4.78. The third-order valence-corrected chi connectivity index (χ3v) is 7.36. The normalized spacial score (nSPS) is 14.3. The highest BCUT2D eigenvalue weighted by Gasteiger charge is 2.32. The minimum atomic E-state index is -1.51.